The molecule has 0 bridgehead atoms. The Bertz CT molecular complexity index is 1250. The number of hydrogen-bond donors (Lipinski definition) is 1. The van der Waals surface area contributed by atoms with Crippen molar-refractivity contribution < 1.29 is 14.3 Å². The highest BCUT2D eigenvalue weighted by atomic mass is 35.5. The summed E-state index contributed by atoms with van der Waals surface area (Å²) in [5, 5.41) is 2.08. The molecule has 34 heavy (non-hydrogen) atoms. The van der Waals surface area contributed by atoms with Gasteiger partial charge in [-0.1, -0.05) is 41.9 Å². The summed E-state index contributed by atoms with van der Waals surface area (Å²) in [6.07, 6.45) is 3.67. The molecule has 0 amide bonds. The maximum Gasteiger partial charge on any atom is 0.225 e. The van der Waals surface area contributed by atoms with Gasteiger partial charge in [-0.25, -0.2) is 4.99 Å². The number of benzene rings is 3. The Balaban J connectivity index is 1.57. The van der Waals surface area contributed by atoms with Gasteiger partial charge in [-0.15, -0.1) is 0 Å². The van der Waals surface area contributed by atoms with E-state index in [1.54, 1.807) is 20.2 Å². The van der Waals surface area contributed by atoms with E-state index in [2.05, 4.69) is 29.3 Å². The van der Waals surface area contributed by atoms with Gasteiger partial charge in [0, 0.05) is 18.5 Å². The molecule has 2 N–H and O–H groups in total. The first-order chi connectivity index (χ1) is 16.4. The number of nitrogens with zero attached hydrogens (tertiary/aromatic N) is 2. The van der Waals surface area contributed by atoms with Crippen molar-refractivity contribution in [1.82, 2.24) is 5.06 Å². The lowest BCUT2D eigenvalue weighted by Crippen LogP contribution is -2.42. The SMILES string of the molecule is COc1cc(Cl)cc(-c2ccc3c(c2)ON(C)C(N)=NCC2(CCCc4ccccc4C2)O3)c1. The van der Waals surface area contributed by atoms with Crippen molar-refractivity contribution in [2.45, 2.75) is 31.3 Å². The highest BCUT2D eigenvalue weighted by molar-refractivity contribution is 6.31. The maximum atomic E-state index is 6.77. The third-order valence-corrected chi connectivity index (χ3v) is 6.73. The van der Waals surface area contributed by atoms with E-state index in [1.165, 1.54) is 16.2 Å². The molecule has 1 atom stereocenters. The van der Waals surface area contributed by atoms with E-state index >= 15 is 0 Å². The van der Waals surface area contributed by atoms with Crippen molar-refractivity contribution in [2.24, 2.45) is 10.7 Å². The summed E-state index contributed by atoms with van der Waals surface area (Å²) in [6.45, 7) is 0.452. The summed E-state index contributed by atoms with van der Waals surface area (Å²) in [6, 6.07) is 20.1. The number of aliphatic imine (C=N–C) groups is 1. The second-order valence-electron chi connectivity index (χ2n) is 8.89. The minimum atomic E-state index is -0.513. The van der Waals surface area contributed by atoms with E-state index in [1.807, 2.05) is 30.3 Å². The second kappa shape index (κ2) is 9.11. The first kappa shape index (κ1) is 22.4. The molecule has 176 valence electrons. The topological polar surface area (TPSA) is 69.3 Å². The Morgan fingerprint density at radius 2 is 1.85 bits per heavy atom. The van der Waals surface area contributed by atoms with Crippen LogP contribution in [0.3, 0.4) is 0 Å². The standard InChI is InChI=1S/C27H28ClN3O3/c1-31-26(29)30-17-27(11-5-8-18-6-3-4-7-20(18)16-27)33-24-10-9-19(14-25(24)34-31)21-12-22(28)15-23(13-21)32-2/h3-4,6-7,9-10,12-15H,5,8,11,16-17H2,1-2H3,(H2,29,30). The molecule has 1 spiro atoms. The zero-order valence-electron chi connectivity index (χ0n) is 19.4. The van der Waals surface area contributed by atoms with E-state index < -0.39 is 5.60 Å². The van der Waals surface area contributed by atoms with Gasteiger partial charge in [-0.2, -0.15) is 5.06 Å². The molecule has 6 nitrogen and oxygen atoms in total. The number of halogens is 1. The normalized spacial score (nSPS) is 19.9. The predicted octanol–water partition coefficient (Wildman–Crippen LogP) is 5.27. The van der Waals surface area contributed by atoms with Gasteiger partial charge in [0.25, 0.3) is 0 Å². The van der Waals surface area contributed by atoms with Crippen LogP contribution in [0.5, 0.6) is 17.2 Å². The van der Waals surface area contributed by atoms with Crippen LogP contribution in [0.25, 0.3) is 11.1 Å². The van der Waals surface area contributed by atoms with Gasteiger partial charge < -0.3 is 20.0 Å². The Hall–Kier alpha value is -3.38. The van der Waals surface area contributed by atoms with Gasteiger partial charge in [0.1, 0.15) is 11.4 Å². The molecule has 1 aliphatic heterocycles. The summed E-state index contributed by atoms with van der Waals surface area (Å²) in [7, 11) is 3.37. The Kier molecular flexibility index (Phi) is 6.00. The monoisotopic (exact) mass is 477 g/mol. The van der Waals surface area contributed by atoms with Crippen molar-refractivity contribution in [3.05, 3.63) is 76.8 Å². The Morgan fingerprint density at radius 3 is 2.68 bits per heavy atom. The molecular formula is C27H28ClN3O3. The van der Waals surface area contributed by atoms with Crippen LogP contribution in [0.4, 0.5) is 0 Å². The van der Waals surface area contributed by atoms with Gasteiger partial charge in [-0.3, -0.25) is 0 Å². The minimum absolute atomic E-state index is 0.309. The first-order valence-electron chi connectivity index (χ1n) is 11.4. The number of ether oxygens (including phenoxy) is 2. The highest BCUT2D eigenvalue weighted by Crippen LogP contribution is 2.40. The fraction of sp³-hybridized carbons (Fsp3) is 0.296. The molecule has 0 aromatic heterocycles. The zero-order valence-corrected chi connectivity index (χ0v) is 20.1. The van der Waals surface area contributed by atoms with Gasteiger partial charge >= 0.3 is 0 Å². The molecule has 1 heterocycles. The van der Waals surface area contributed by atoms with E-state index in [4.69, 9.17) is 31.6 Å². The maximum absolute atomic E-state index is 6.77. The number of hydroxylamine groups is 2. The molecule has 0 saturated carbocycles. The van der Waals surface area contributed by atoms with Crippen molar-refractivity contribution in [3.8, 4) is 28.4 Å². The molecule has 7 heteroatoms. The number of guanidine groups is 1. The Labute approximate surface area is 204 Å². The molecular weight excluding hydrogens is 450 g/mol. The molecule has 0 radical (unpaired) electrons. The first-order valence-corrected chi connectivity index (χ1v) is 11.8. The van der Waals surface area contributed by atoms with Crippen LogP contribution >= 0.6 is 11.6 Å². The number of hydrogen-bond acceptors (Lipinski definition) is 6. The third kappa shape index (κ3) is 4.50. The van der Waals surface area contributed by atoms with E-state index in [-0.39, 0.29) is 0 Å². The van der Waals surface area contributed by atoms with Gasteiger partial charge in [0.05, 0.1) is 13.7 Å². The third-order valence-electron chi connectivity index (χ3n) is 6.51. The molecule has 5 rings (SSSR count). The average molecular weight is 478 g/mol. The van der Waals surface area contributed by atoms with Crippen LogP contribution in [0.2, 0.25) is 5.02 Å². The summed E-state index contributed by atoms with van der Waals surface area (Å²) >= 11 is 6.31. The van der Waals surface area contributed by atoms with Crippen LogP contribution in [0.1, 0.15) is 24.0 Å². The molecule has 1 aliphatic carbocycles. The zero-order chi connectivity index (χ0) is 23.7. The van der Waals surface area contributed by atoms with Gasteiger partial charge in [0.15, 0.2) is 11.5 Å². The number of methoxy groups -OCH3 is 1. The van der Waals surface area contributed by atoms with Crippen molar-refractivity contribution >= 4 is 17.6 Å². The quantitative estimate of drug-likeness (QED) is 0.544. The van der Waals surface area contributed by atoms with E-state index in [9.17, 15) is 0 Å². The van der Waals surface area contributed by atoms with Crippen molar-refractivity contribution in [3.63, 3.8) is 0 Å². The second-order valence-corrected chi connectivity index (χ2v) is 9.32. The molecule has 1 unspecified atom stereocenters. The molecule has 0 fully saturated rings. The van der Waals surface area contributed by atoms with Crippen LogP contribution < -0.4 is 20.0 Å². The lowest BCUT2D eigenvalue weighted by Gasteiger charge is -2.32. The van der Waals surface area contributed by atoms with Gasteiger partial charge in [0.2, 0.25) is 5.96 Å². The van der Waals surface area contributed by atoms with Crippen molar-refractivity contribution in [2.75, 3.05) is 20.7 Å². The molecule has 3 aromatic rings. The van der Waals surface area contributed by atoms with Crippen LogP contribution in [0, 0.1) is 0 Å². The fourth-order valence-electron chi connectivity index (χ4n) is 4.71. The van der Waals surface area contributed by atoms with Crippen LogP contribution in [-0.2, 0) is 12.8 Å². The summed E-state index contributed by atoms with van der Waals surface area (Å²) in [4.78, 5) is 10.8. The van der Waals surface area contributed by atoms with Gasteiger partial charge in [-0.05, 0) is 71.8 Å². The lowest BCUT2D eigenvalue weighted by atomic mass is 9.91. The molecule has 0 saturated heterocycles. The van der Waals surface area contributed by atoms with Crippen LogP contribution in [-0.4, -0.2) is 37.3 Å². The summed E-state index contributed by atoms with van der Waals surface area (Å²) in [5.41, 5.74) is 10.3. The minimum Gasteiger partial charge on any atom is -0.497 e. The number of nitrogens with two attached hydrogens (primary N) is 1. The largest absolute Gasteiger partial charge is 0.497 e. The number of fused-ring (bicyclic) bond motifs is 2. The summed E-state index contributed by atoms with van der Waals surface area (Å²) in [5.74, 6) is 2.22. The van der Waals surface area contributed by atoms with E-state index in [0.717, 1.165) is 36.8 Å². The van der Waals surface area contributed by atoms with Crippen molar-refractivity contribution in [1.29, 1.82) is 0 Å². The average Bonchev–Trinajstić information content (AvgIpc) is 2.99. The van der Waals surface area contributed by atoms with Crippen LogP contribution in [0.15, 0.2) is 65.7 Å². The fourth-order valence-corrected chi connectivity index (χ4v) is 4.93. The predicted molar refractivity (Wildman–Crippen MR) is 135 cm³/mol. The van der Waals surface area contributed by atoms with E-state index in [0.29, 0.717) is 34.8 Å². The lowest BCUT2D eigenvalue weighted by molar-refractivity contribution is 0.0332. The summed E-state index contributed by atoms with van der Waals surface area (Å²) < 4.78 is 12.2. The Morgan fingerprint density at radius 1 is 1.03 bits per heavy atom. The number of rotatable bonds is 2. The number of aryl methyl sites for hydroxylation is 1. The molecule has 3 aromatic carbocycles. The smallest absolute Gasteiger partial charge is 0.225 e. The molecule has 2 aliphatic rings. The highest BCUT2D eigenvalue weighted by Gasteiger charge is 2.37.